The summed E-state index contributed by atoms with van der Waals surface area (Å²) < 4.78 is 0. The highest BCUT2D eigenvalue weighted by Crippen LogP contribution is 2.58. The van der Waals surface area contributed by atoms with Crippen LogP contribution in [0.5, 0.6) is 0 Å². The highest BCUT2D eigenvalue weighted by atomic mass is 16.4. The van der Waals surface area contributed by atoms with Gasteiger partial charge in [-0.25, -0.2) is 4.79 Å². The van der Waals surface area contributed by atoms with Crippen LogP contribution in [0.3, 0.4) is 0 Å². The predicted molar refractivity (Wildman–Crippen MR) is 113 cm³/mol. The van der Waals surface area contributed by atoms with E-state index in [-0.39, 0.29) is 17.1 Å². The Morgan fingerprint density at radius 3 is 2.71 bits per heavy atom. The molecule has 6 atom stereocenters. The van der Waals surface area contributed by atoms with Crippen LogP contribution >= 0.6 is 0 Å². The number of carbonyl (C=O) groups is 2. The normalized spacial score (nSPS) is 36.1. The summed E-state index contributed by atoms with van der Waals surface area (Å²) in [7, 11) is 0. The summed E-state index contributed by atoms with van der Waals surface area (Å²) >= 11 is 0. The Hall–Kier alpha value is -1.90. The third kappa shape index (κ3) is 3.81. The first-order valence-electron chi connectivity index (χ1n) is 10.6. The lowest BCUT2D eigenvalue weighted by Crippen LogP contribution is -2.35. The molecule has 0 radical (unpaired) electrons. The summed E-state index contributed by atoms with van der Waals surface area (Å²) in [6, 6.07) is 0. The maximum Gasteiger partial charge on any atom is 0.332 e. The van der Waals surface area contributed by atoms with Crippen molar-refractivity contribution in [3.63, 3.8) is 0 Å². The number of allylic oxidation sites excluding steroid dienone is 7. The summed E-state index contributed by atoms with van der Waals surface area (Å²) in [5, 5.41) is 9.79. The van der Waals surface area contributed by atoms with Crippen molar-refractivity contribution in [2.75, 3.05) is 0 Å². The van der Waals surface area contributed by atoms with E-state index < -0.39 is 11.9 Å². The first-order chi connectivity index (χ1) is 13.1. The maximum absolute atomic E-state index is 12.5. The van der Waals surface area contributed by atoms with Crippen LogP contribution < -0.4 is 0 Å². The Bertz CT molecular complexity index is 778. The number of hydrogen-bond acceptors (Lipinski definition) is 2. The Balaban J connectivity index is 1.93. The zero-order chi connectivity index (χ0) is 20.6. The molecule has 3 heteroatoms. The lowest BCUT2D eigenvalue weighted by atomic mass is 9.63. The van der Waals surface area contributed by atoms with Crippen LogP contribution in [0.25, 0.3) is 0 Å². The Kier molecular flexibility index (Phi) is 5.84. The molecule has 152 valence electrons. The molecule has 0 aromatic heterocycles. The topological polar surface area (TPSA) is 54.4 Å². The zero-order valence-electron chi connectivity index (χ0n) is 17.9. The van der Waals surface area contributed by atoms with Gasteiger partial charge in [0.1, 0.15) is 0 Å². The molecule has 0 aromatic carbocycles. The van der Waals surface area contributed by atoms with Crippen molar-refractivity contribution < 1.29 is 14.7 Å². The van der Waals surface area contributed by atoms with Crippen LogP contribution in [0.1, 0.15) is 60.3 Å². The smallest absolute Gasteiger partial charge is 0.332 e. The molecule has 0 bridgehead atoms. The van der Waals surface area contributed by atoms with Crippen LogP contribution in [0.4, 0.5) is 0 Å². The van der Waals surface area contributed by atoms with Crippen molar-refractivity contribution in [1.82, 2.24) is 0 Å². The number of carbonyl (C=O) groups excluding carboxylic acids is 1. The fourth-order valence-electron chi connectivity index (χ4n) is 5.94. The molecule has 28 heavy (non-hydrogen) atoms. The second-order valence-corrected chi connectivity index (χ2v) is 9.73. The molecule has 0 spiro atoms. The largest absolute Gasteiger partial charge is 0.478 e. The van der Waals surface area contributed by atoms with E-state index in [4.69, 9.17) is 0 Å². The van der Waals surface area contributed by atoms with Gasteiger partial charge in [-0.2, -0.15) is 0 Å². The lowest BCUT2D eigenvalue weighted by Gasteiger charge is -2.40. The van der Waals surface area contributed by atoms with Gasteiger partial charge in [0.05, 0.1) is 5.92 Å². The van der Waals surface area contributed by atoms with E-state index in [9.17, 15) is 14.7 Å². The Morgan fingerprint density at radius 2 is 2.07 bits per heavy atom. The van der Waals surface area contributed by atoms with Gasteiger partial charge in [0.2, 0.25) is 0 Å². The van der Waals surface area contributed by atoms with Gasteiger partial charge in [-0.1, -0.05) is 49.3 Å². The Morgan fingerprint density at radius 1 is 1.36 bits per heavy atom. The second-order valence-electron chi connectivity index (χ2n) is 9.73. The SMILES string of the molecule is CC(C)=C/C=C\[C@H](C)[C@H]1CC[C@]2(C)C[C@@H]3C(C)=CC(=O)[C@H]3C(C(=O)O)=CC[C@@H]12. The highest BCUT2D eigenvalue weighted by molar-refractivity contribution is 6.04. The minimum atomic E-state index is -0.930. The molecule has 0 aromatic rings. The van der Waals surface area contributed by atoms with Gasteiger partial charge < -0.3 is 5.11 Å². The maximum atomic E-state index is 12.5. The van der Waals surface area contributed by atoms with Gasteiger partial charge in [0.15, 0.2) is 5.78 Å². The monoisotopic (exact) mass is 382 g/mol. The summed E-state index contributed by atoms with van der Waals surface area (Å²) in [6.45, 7) is 10.9. The van der Waals surface area contributed by atoms with Gasteiger partial charge in [-0.15, -0.1) is 0 Å². The summed E-state index contributed by atoms with van der Waals surface area (Å²) in [5.74, 6) is 0.0731. The average molecular weight is 383 g/mol. The van der Waals surface area contributed by atoms with E-state index in [0.717, 1.165) is 24.8 Å². The molecular formula is C25H34O3. The average Bonchev–Trinajstić information content (AvgIpc) is 3.03. The van der Waals surface area contributed by atoms with Gasteiger partial charge in [-0.3, -0.25) is 4.79 Å². The molecule has 3 aliphatic carbocycles. The minimum absolute atomic E-state index is 0.0224. The van der Waals surface area contributed by atoms with Crippen molar-refractivity contribution in [1.29, 1.82) is 0 Å². The summed E-state index contributed by atoms with van der Waals surface area (Å²) in [4.78, 5) is 24.5. The molecule has 0 aliphatic heterocycles. The molecular weight excluding hydrogens is 348 g/mol. The van der Waals surface area contributed by atoms with Crippen molar-refractivity contribution in [2.45, 2.75) is 60.3 Å². The number of fused-ring (bicyclic) bond motifs is 2. The molecule has 0 amide bonds. The molecule has 3 rings (SSSR count). The van der Waals surface area contributed by atoms with Crippen LogP contribution in [0.2, 0.25) is 0 Å². The number of carboxylic acids is 1. The van der Waals surface area contributed by atoms with Gasteiger partial charge in [0.25, 0.3) is 0 Å². The number of ketones is 1. The Labute approximate surface area is 169 Å². The van der Waals surface area contributed by atoms with Crippen molar-refractivity contribution in [3.05, 3.63) is 47.1 Å². The van der Waals surface area contributed by atoms with Gasteiger partial charge >= 0.3 is 5.97 Å². The third-order valence-corrected chi connectivity index (χ3v) is 7.50. The van der Waals surface area contributed by atoms with Crippen LogP contribution in [0.15, 0.2) is 47.1 Å². The molecule has 0 heterocycles. The predicted octanol–water partition coefficient (Wildman–Crippen LogP) is 5.74. The van der Waals surface area contributed by atoms with E-state index in [2.05, 4.69) is 45.9 Å². The van der Waals surface area contributed by atoms with Gasteiger partial charge in [0, 0.05) is 5.57 Å². The molecule has 3 aliphatic rings. The van der Waals surface area contributed by atoms with E-state index in [0.29, 0.717) is 23.3 Å². The second kappa shape index (κ2) is 7.85. The van der Waals surface area contributed by atoms with Gasteiger partial charge in [-0.05, 0) is 81.6 Å². The molecule has 1 fully saturated rings. The van der Waals surface area contributed by atoms with E-state index in [1.54, 1.807) is 6.08 Å². The molecule has 1 N–H and O–H groups in total. The first kappa shape index (κ1) is 20.8. The fraction of sp³-hybridized carbons (Fsp3) is 0.600. The quantitative estimate of drug-likeness (QED) is 0.630. The molecule has 0 saturated heterocycles. The minimum Gasteiger partial charge on any atom is -0.478 e. The number of rotatable bonds is 4. The van der Waals surface area contributed by atoms with Crippen LogP contribution in [-0.4, -0.2) is 16.9 Å². The molecule has 0 unspecified atom stereocenters. The number of hydrogen-bond donors (Lipinski definition) is 1. The molecule has 1 saturated carbocycles. The van der Waals surface area contributed by atoms with E-state index >= 15 is 0 Å². The number of carboxylic acid groups (broad SMARTS) is 1. The van der Waals surface area contributed by atoms with E-state index in [1.807, 2.05) is 13.0 Å². The third-order valence-electron chi connectivity index (χ3n) is 7.50. The summed E-state index contributed by atoms with van der Waals surface area (Å²) in [5.41, 5.74) is 2.83. The zero-order valence-corrected chi connectivity index (χ0v) is 17.9. The van der Waals surface area contributed by atoms with Crippen LogP contribution in [0, 0.1) is 35.0 Å². The van der Waals surface area contributed by atoms with E-state index in [1.165, 1.54) is 12.0 Å². The fourth-order valence-corrected chi connectivity index (χ4v) is 5.94. The van der Waals surface area contributed by atoms with Crippen molar-refractivity contribution in [3.8, 4) is 0 Å². The molecule has 3 nitrogen and oxygen atoms in total. The van der Waals surface area contributed by atoms with Crippen LogP contribution in [-0.2, 0) is 9.59 Å². The van der Waals surface area contributed by atoms with Crippen molar-refractivity contribution in [2.24, 2.45) is 35.0 Å². The standard InChI is InChI=1S/C25H34O3/c1-15(2)7-6-8-16(3)18-11-12-25(5)14-20-17(4)13-22(26)23(20)19(24(27)28)9-10-21(18)25/h6-9,13,16,18,20-21,23H,10-12,14H2,1-5H3,(H,27,28)/b8-6-,19-9?/t16-,18+,20+,21-,23-,25+/m0/s1. The van der Waals surface area contributed by atoms with Crippen molar-refractivity contribution >= 4 is 11.8 Å². The first-order valence-corrected chi connectivity index (χ1v) is 10.6. The summed E-state index contributed by atoms with van der Waals surface area (Å²) in [6.07, 6.45) is 14.2. The lowest BCUT2D eigenvalue weighted by molar-refractivity contribution is -0.135. The highest BCUT2D eigenvalue weighted by Gasteiger charge is 2.51. The number of aliphatic carboxylic acids is 1.